The van der Waals surface area contributed by atoms with Gasteiger partial charge in [0.05, 0.1) is 6.42 Å². The Kier molecular flexibility index (Phi) is 6.78. The van der Waals surface area contributed by atoms with Crippen LogP contribution in [0, 0.1) is 0 Å². The minimum absolute atomic E-state index is 0.317. The third kappa shape index (κ3) is 8.00. The molecule has 0 unspecified atom stereocenters. The lowest BCUT2D eigenvalue weighted by molar-refractivity contribution is -0.164. The first kappa shape index (κ1) is 21.5. The van der Waals surface area contributed by atoms with E-state index in [2.05, 4.69) is 5.32 Å². The lowest BCUT2D eigenvalue weighted by atomic mass is 10.1. The molecule has 7 heteroatoms. The molecule has 0 aliphatic heterocycles. The number of amides is 1. The Bertz CT molecular complexity index is 654. The topological polar surface area (TPSA) is 108 Å². The predicted molar refractivity (Wildman–Crippen MR) is 98.4 cm³/mol. The maximum atomic E-state index is 12.4. The number of nitrogens with two attached hydrogens (primary N) is 1. The van der Waals surface area contributed by atoms with E-state index in [1.165, 1.54) is 12.1 Å². The van der Waals surface area contributed by atoms with Crippen molar-refractivity contribution in [1.29, 1.82) is 0 Å². The first-order chi connectivity index (χ1) is 11.8. The molecule has 1 aromatic carbocycles. The van der Waals surface area contributed by atoms with E-state index in [0.29, 0.717) is 11.3 Å². The van der Waals surface area contributed by atoms with Crippen molar-refractivity contribution in [3.05, 3.63) is 29.8 Å². The van der Waals surface area contributed by atoms with E-state index < -0.39 is 35.1 Å². The zero-order valence-corrected chi connectivity index (χ0v) is 16.2. The van der Waals surface area contributed by atoms with E-state index in [-0.39, 0.29) is 6.42 Å². The molecule has 0 aliphatic carbocycles. The number of hydrogen-bond acceptors (Lipinski definition) is 6. The van der Waals surface area contributed by atoms with Crippen molar-refractivity contribution >= 4 is 23.5 Å². The van der Waals surface area contributed by atoms with E-state index in [1.807, 2.05) is 0 Å². The van der Waals surface area contributed by atoms with Gasteiger partial charge in [-0.1, -0.05) is 0 Å². The summed E-state index contributed by atoms with van der Waals surface area (Å²) in [7, 11) is 0. The van der Waals surface area contributed by atoms with Crippen LogP contribution in [0.3, 0.4) is 0 Å². The van der Waals surface area contributed by atoms with Crippen LogP contribution in [0.15, 0.2) is 24.3 Å². The van der Waals surface area contributed by atoms with Crippen LogP contribution in [-0.2, 0) is 19.1 Å². The van der Waals surface area contributed by atoms with Crippen LogP contribution in [0.2, 0.25) is 0 Å². The maximum Gasteiger partial charge on any atom is 0.329 e. The fourth-order valence-electron chi connectivity index (χ4n) is 1.99. The molecule has 0 fully saturated rings. The zero-order valence-electron chi connectivity index (χ0n) is 16.2. The molecule has 0 radical (unpaired) electrons. The standard InChI is InChI=1S/C19H28N2O5/c1-18(2,3)25-15(22)11-14(17(24)26-19(4,5)6)21-16(23)12-7-9-13(20)10-8-12/h7-10,14H,11,20H2,1-6H3,(H,21,23)/t14-/m0/s1. The Labute approximate surface area is 154 Å². The summed E-state index contributed by atoms with van der Waals surface area (Å²) in [5.41, 5.74) is 4.98. The summed E-state index contributed by atoms with van der Waals surface area (Å²) >= 11 is 0. The van der Waals surface area contributed by atoms with Gasteiger partial charge in [0.2, 0.25) is 0 Å². The lowest BCUT2D eigenvalue weighted by Gasteiger charge is -2.25. The lowest BCUT2D eigenvalue weighted by Crippen LogP contribution is -2.46. The average molecular weight is 364 g/mol. The third-order valence-electron chi connectivity index (χ3n) is 2.96. The molecular formula is C19H28N2O5. The molecule has 3 N–H and O–H groups in total. The molecule has 0 spiro atoms. The molecule has 1 rings (SSSR count). The van der Waals surface area contributed by atoms with Gasteiger partial charge in [-0.15, -0.1) is 0 Å². The van der Waals surface area contributed by atoms with Gasteiger partial charge in [0.15, 0.2) is 0 Å². The van der Waals surface area contributed by atoms with Crippen LogP contribution in [0.4, 0.5) is 5.69 Å². The predicted octanol–water partition coefficient (Wildman–Crippen LogP) is 2.44. The Morgan fingerprint density at radius 3 is 1.92 bits per heavy atom. The molecule has 1 aromatic rings. The molecule has 7 nitrogen and oxygen atoms in total. The van der Waals surface area contributed by atoms with Crippen molar-refractivity contribution in [2.75, 3.05) is 5.73 Å². The van der Waals surface area contributed by atoms with Gasteiger partial charge in [-0.3, -0.25) is 9.59 Å². The number of benzene rings is 1. The van der Waals surface area contributed by atoms with Crippen LogP contribution >= 0.6 is 0 Å². The van der Waals surface area contributed by atoms with Crippen LogP contribution in [0.1, 0.15) is 58.3 Å². The van der Waals surface area contributed by atoms with Crippen LogP contribution in [-0.4, -0.2) is 35.1 Å². The summed E-state index contributed by atoms with van der Waals surface area (Å²) in [4.78, 5) is 36.9. The number of hydrogen-bond donors (Lipinski definition) is 2. The van der Waals surface area contributed by atoms with Gasteiger partial charge in [-0.25, -0.2) is 4.79 Å². The Morgan fingerprint density at radius 1 is 0.962 bits per heavy atom. The fourth-order valence-corrected chi connectivity index (χ4v) is 1.99. The van der Waals surface area contributed by atoms with Gasteiger partial charge in [-0.05, 0) is 65.8 Å². The zero-order chi connectivity index (χ0) is 20.1. The molecule has 1 amide bonds. The molecule has 0 aliphatic rings. The van der Waals surface area contributed by atoms with Gasteiger partial charge in [-0.2, -0.15) is 0 Å². The Hall–Kier alpha value is -2.57. The molecule has 0 heterocycles. The highest BCUT2D eigenvalue weighted by molar-refractivity contribution is 5.97. The second-order valence-corrected chi connectivity index (χ2v) is 7.97. The van der Waals surface area contributed by atoms with E-state index in [0.717, 1.165) is 0 Å². The number of anilines is 1. The van der Waals surface area contributed by atoms with Gasteiger partial charge in [0.1, 0.15) is 17.2 Å². The molecule has 144 valence electrons. The van der Waals surface area contributed by atoms with E-state index in [9.17, 15) is 14.4 Å². The third-order valence-corrected chi connectivity index (χ3v) is 2.96. The summed E-state index contributed by atoms with van der Waals surface area (Å²) in [6, 6.07) is 5.06. The summed E-state index contributed by atoms with van der Waals surface area (Å²) < 4.78 is 10.5. The molecule has 0 saturated carbocycles. The number of carbonyl (C=O) groups is 3. The normalized spacial score (nSPS) is 12.8. The van der Waals surface area contributed by atoms with Gasteiger partial charge in [0.25, 0.3) is 5.91 Å². The smallest absolute Gasteiger partial charge is 0.329 e. The van der Waals surface area contributed by atoms with Crippen molar-refractivity contribution in [1.82, 2.24) is 5.32 Å². The highest BCUT2D eigenvalue weighted by Gasteiger charge is 2.31. The highest BCUT2D eigenvalue weighted by atomic mass is 16.6. The van der Waals surface area contributed by atoms with Crippen LogP contribution in [0.5, 0.6) is 0 Å². The maximum absolute atomic E-state index is 12.4. The number of carbonyl (C=O) groups excluding carboxylic acids is 3. The molecule has 0 aromatic heterocycles. The van der Waals surface area contributed by atoms with Crippen molar-refractivity contribution in [2.45, 2.75) is 65.2 Å². The van der Waals surface area contributed by atoms with Gasteiger partial charge >= 0.3 is 11.9 Å². The van der Waals surface area contributed by atoms with Crippen molar-refractivity contribution in [2.24, 2.45) is 0 Å². The summed E-state index contributed by atoms with van der Waals surface area (Å²) in [6.07, 6.45) is -0.326. The van der Waals surface area contributed by atoms with Crippen molar-refractivity contribution in [3.63, 3.8) is 0 Å². The highest BCUT2D eigenvalue weighted by Crippen LogP contribution is 2.14. The van der Waals surface area contributed by atoms with Crippen molar-refractivity contribution < 1.29 is 23.9 Å². The fraction of sp³-hybridized carbons (Fsp3) is 0.526. The first-order valence-corrected chi connectivity index (χ1v) is 8.38. The van der Waals surface area contributed by atoms with E-state index in [1.54, 1.807) is 53.7 Å². The monoisotopic (exact) mass is 364 g/mol. The molecule has 1 atom stereocenters. The van der Waals surface area contributed by atoms with Gasteiger partial charge < -0.3 is 20.5 Å². The second kappa shape index (κ2) is 8.21. The number of rotatable bonds is 5. The van der Waals surface area contributed by atoms with Crippen LogP contribution < -0.4 is 11.1 Å². The number of esters is 2. The van der Waals surface area contributed by atoms with E-state index in [4.69, 9.17) is 15.2 Å². The number of nitrogens with one attached hydrogen (secondary N) is 1. The SMILES string of the molecule is CC(C)(C)OC(=O)C[C@H](NC(=O)c1ccc(N)cc1)C(=O)OC(C)(C)C. The molecule has 0 bridgehead atoms. The number of nitrogen functional groups attached to an aromatic ring is 1. The minimum atomic E-state index is -1.16. The molecule has 0 saturated heterocycles. The second-order valence-electron chi connectivity index (χ2n) is 7.97. The molecular weight excluding hydrogens is 336 g/mol. The van der Waals surface area contributed by atoms with Crippen LogP contribution in [0.25, 0.3) is 0 Å². The minimum Gasteiger partial charge on any atom is -0.460 e. The first-order valence-electron chi connectivity index (χ1n) is 8.38. The quantitative estimate of drug-likeness (QED) is 0.614. The Morgan fingerprint density at radius 2 is 1.46 bits per heavy atom. The Balaban J connectivity index is 2.92. The number of ether oxygens (including phenoxy) is 2. The van der Waals surface area contributed by atoms with Crippen molar-refractivity contribution in [3.8, 4) is 0 Å². The largest absolute Gasteiger partial charge is 0.460 e. The summed E-state index contributed by atoms with van der Waals surface area (Å²) in [5.74, 6) is -1.82. The summed E-state index contributed by atoms with van der Waals surface area (Å²) in [6.45, 7) is 10.3. The average Bonchev–Trinajstić information content (AvgIpc) is 2.43. The molecule has 26 heavy (non-hydrogen) atoms. The summed E-state index contributed by atoms with van der Waals surface area (Å²) in [5, 5.41) is 2.54. The van der Waals surface area contributed by atoms with Gasteiger partial charge in [0, 0.05) is 11.3 Å². The van der Waals surface area contributed by atoms with E-state index >= 15 is 0 Å².